The van der Waals surface area contributed by atoms with E-state index in [0.29, 0.717) is 23.9 Å². The Morgan fingerprint density at radius 2 is 0.870 bits per heavy atom. The van der Waals surface area contributed by atoms with Gasteiger partial charge in [0, 0.05) is 19.4 Å². The summed E-state index contributed by atoms with van der Waals surface area (Å²) >= 11 is 0. The van der Waals surface area contributed by atoms with Crippen molar-refractivity contribution in [3.63, 3.8) is 0 Å². The van der Waals surface area contributed by atoms with Crippen LogP contribution in [0.15, 0.2) is 0 Å². The summed E-state index contributed by atoms with van der Waals surface area (Å²) in [5.41, 5.74) is 0. The Kier molecular flexibility index (Phi) is 36.9. The normalized spacial score (nSPS) is 13.5. The third-order valence-corrected chi connectivity index (χ3v) is 11.3. The summed E-state index contributed by atoms with van der Waals surface area (Å²) in [5, 5.41) is 5.79. The van der Waals surface area contributed by atoms with Crippen LogP contribution in [0.4, 0.5) is 0 Å². The van der Waals surface area contributed by atoms with Crippen LogP contribution in [0.5, 0.6) is 0 Å². The Morgan fingerprint density at radius 1 is 0.537 bits per heavy atom. The van der Waals surface area contributed by atoms with Crippen LogP contribution in [0.3, 0.4) is 0 Å². The van der Waals surface area contributed by atoms with Gasteiger partial charge in [-0.3, -0.25) is 14.2 Å². The molecule has 322 valence electrons. The first-order valence-electron chi connectivity index (χ1n) is 23.0. The molecule has 0 bridgehead atoms. The Bertz CT molecular complexity index is 900. The SMILES string of the molecule is CCCCCCCCCCCCCCCCCC(=O)NC[C@H](COP(=O)([O-])OCC[N+](C)(C)C)NC(=O)CCCCCCCCCCCCCCCCC. The van der Waals surface area contributed by atoms with E-state index >= 15 is 0 Å². The van der Waals surface area contributed by atoms with Crippen LogP contribution >= 0.6 is 7.82 Å². The van der Waals surface area contributed by atoms with E-state index in [1.165, 1.54) is 154 Å². The molecule has 2 N–H and O–H groups in total. The van der Waals surface area contributed by atoms with Crippen LogP contribution in [0.25, 0.3) is 0 Å². The van der Waals surface area contributed by atoms with Gasteiger partial charge < -0.3 is 29.1 Å². The third kappa shape index (κ3) is 40.7. The highest BCUT2D eigenvalue weighted by Gasteiger charge is 2.19. The number of likely N-dealkylation sites (N-methyl/N-ethyl adjacent to an activating group) is 1. The van der Waals surface area contributed by atoms with Gasteiger partial charge in [0.1, 0.15) is 13.2 Å². The molecule has 2 amide bonds. The molecule has 0 radical (unpaired) electrons. The van der Waals surface area contributed by atoms with Crippen molar-refractivity contribution in [2.45, 2.75) is 225 Å². The zero-order valence-corrected chi connectivity index (χ0v) is 37.3. The number of unbranched alkanes of at least 4 members (excludes halogenated alkanes) is 28. The number of carbonyl (C=O) groups excluding carboxylic acids is 2. The molecule has 0 heterocycles. The Hall–Kier alpha value is -0.990. The van der Waals surface area contributed by atoms with E-state index in [2.05, 4.69) is 24.5 Å². The van der Waals surface area contributed by atoms with E-state index in [4.69, 9.17) is 9.05 Å². The van der Waals surface area contributed by atoms with Crippen LogP contribution in [-0.2, 0) is 23.2 Å². The van der Waals surface area contributed by atoms with Gasteiger partial charge in [-0.05, 0) is 12.8 Å². The molecule has 2 atom stereocenters. The molecule has 0 saturated heterocycles. The second-order valence-electron chi connectivity index (χ2n) is 17.1. The molecule has 0 rings (SSSR count). The number of rotatable bonds is 42. The van der Waals surface area contributed by atoms with Crippen molar-refractivity contribution in [3.05, 3.63) is 0 Å². The van der Waals surface area contributed by atoms with Gasteiger partial charge in [-0.1, -0.05) is 194 Å². The van der Waals surface area contributed by atoms with Crippen LogP contribution in [-0.4, -0.2) is 69.8 Å². The molecule has 0 saturated carbocycles. The van der Waals surface area contributed by atoms with E-state index in [1.807, 2.05) is 21.1 Å². The van der Waals surface area contributed by atoms with Crippen molar-refractivity contribution < 1.29 is 32.6 Å². The fourth-order valence-electron chi connectivity index (χ4n) is 6.74. The minimum absolute atomic E-state index is 0.0104. The summed E-state index contributed by atoms with van der Waals surface area (Å²) in [4.78, 5) is 37.9. The number of nitrogens with zero attached hydrogens (tertiary/aromatic N) is 1. The molecule has 0 aromatic carbocycles. The first-order chi connectivity index (χ1) is 26.0. The molecule has 0 fully saturated rings. The molecule has 0 spiro atoms. The molecular weight excluding hydrogens is 697 g/mol. The second kappa shape index (κ2) is 37.6. The van der Waals surface area contributed by atoms with Crippen LogP contribution in [0, 0.1) is 0 Å². The lowest BCUT2D eigenvalue weighted by atomic mass is 10.0. The molecule has 9 nitrogen and oxygen atoms in total. The summed E-state index contributed by atoms with van der Waals surface area (Å²) in [6.45, 7) is 4.87. The maximum absolute atomic E-state index is 12.8. The molecule has 0 aliphatic carbocycles. The standard InChI is InChI=1S/C44H90N3O6P/c1-6-8-10-12-14-16-18-20-22-24-26-28-30-32-34-36-43(48)45-40-42(41-53-54(50,51)52-39-38-47(3,4)5)46-44(49)37-35-33-31-29-27-25-23-21-19-17-15-13-11-9-7-2/h42H,6-41H2,1-5H3,(H2-,45,46,48,49,50,51)/t42-/m1/s1. The highest BCUT2D eigenvalue weighted by Crippen LogP contribution is 2.38. The van der Waals surface area contributed by atoms with Gasteiger partial charge in [-0.15, -0.1) is 0 Å². The van der Waals surface area contributed by atoms with Crippen LogP contribution in [0.1, 0.15) is 219 Å². The summed E-state index contributed by atoms with van der Waals surface area (Å²) < 4.78 is 23.2. The van der Waals surface area contributed by atoms with E-state index in [1.54, 1.807) is 0 Å². The average Bonchev–Trinajstić information content (AvgIpc) is 3.12. The van der Waals surface area contributed by atoms with Gasteiger partial charge in [0.25, 0.3) is 7.82 Å². The molecule has 10 heteroatoms. The molecule has 0 aromatic heterocycles. The number of carbonyl (C=O) groups is 2. The number of hydrogen-bond donors (Lipinski definition) is 2. The topological polar surface area (TPSA) is 117 Å². The predicted molar refractivity (Wildman–Crippen MR) is 226 cm³/mol. The zero-order chi connectivity index (χ0) is 40.0. The summed E-state index contributed by atoms with van der Waals surface area (Å²) in [7, 11) is 1.30. The first kappa shape index (κ1) is 53.0. The van der Waals surface area contributed by atoms with Crippen LogP contribution < -0.4 is 15.5 Å². The van der Waals surface area contributed by atoms with Gasteiger partial charge in [0.2, 0.25) is 11.8 Å². The highest BCUT2D eigenvalue weighted by molar-refractivity contribution is 7.45. The maximum Gasteiger partial charge on any atom is 0.268 e. The monoisotopic (exact) mass is 788 g/mol. The first-order valence-corrected chi connectivity index (χ1v) is 24.4. The maximum atomic E-state index is 12.8. The number of amides is 2. The van der Waals surface area contributed by atoms with E-state index in [0.717, 1.165) is 38.5 Å². The van der Waals surface area contributed by atoms with Crippen molar-refractivity contribution in [2.75, 3.05) is 47.4 Å². The van der Waals surface area contributed by atoms with Crippen molar-refractivity contribution in [1.82, 2.24) is 10.6 Å². The fourth-order valence-corrected chi connectivity index (χ4v) is 7.48. The molecular formula is C44H90N3O6P. The number of phosphoric acid groups is 1. The van der Waals surface area contributed by atoms with Gasteiger partial charge in [-0.25, -0.2) is 0 Å². The number of hydrogen-bond acceptors (Lipinski definition) is 6. The van der Waals surface area contributed by atoms with Gasteiger partial charge >= 0.3 is 0 Å². The Labute approximate surface area is 334 Å². The third-order valence-electron chi connectivity index (χ3n) is 10.4. The van der Waals surface area contributed by atoms with Gasteiger partial charge in [-0.2, -0.15) is 0 Å². The average molecular weight is 788 g/mol. The molecule has 0 aliphatic heterocycles. The Balaban J connectivity index is 4.30. The summed E-state index contributed by atoms with van der Waals surface area (Å²) in [6.07, 6.45) is 38.9. The lowest BCUT2D eigenvalue weighted by Crippen LogP contribution is -2.46. The molecule has 0 aliphatic rings. The number of phosphoric ester groups is 1. The van der Waals surface area contributed by atoms with Gasteiger partial charge in [0.15, 0.2) is 0 Å². The van der Waals surface area contributed by atoms with E-state index < -0.39 is 13.9 Å². The largest absolute Gasteiger partial charge is 0.756 e. The quantitative estimate of drug-likeness (QED) is 0.0361. The molecule has 54 heavy (non-hydrogen) atoms. The van der Waals surface area contributed by atoms with Crippen molar-refractivity contribution in [3.8, 4) is 0 Å². The molecule has 1 unspecified atom stereocenters. The van der Waals surface area contributed by atoms with Crippen molar-refractivity contribution in [2.24, 2.45) is 0 Å². The fraction of sp³-hybridized carbons (Fsp3) is 0.955. The lowest BCUT2D eigenvalue weighted by molar-refractivity contribution is -0.870. The van der Waals surface area contributed by atoms with Gasteiger partial charge in [0.05, 0.1) is 33.8 Å². The van der Waals surface area contributed by atoms with E-state index in [-0.39, 0.29) is 31.6 Å². The van der Waals surface area contributed by atoms with E-state index in [9.17, 15) is 19.0 Å². The Morgan fingerprint density at radius 3 is 1.22 bits per heavy atom. The number of quaternary nitrogens is 1. The predicted octanol–water partition coefficient (Wildman–Crippen LogP) is 11.3. The highest BCUT2D eigenvalue weighted by atomic mass is 31.2. The lowest BCUT2D eigenvalue weighted by Gasteiger charge is -2.28. The van der Waals surface area contributed by atoms with Crippen LogP contribution in [0.2, 0.25) is 0 Å². The second-order valence-corrected chi connectivity index (χ2v) is 18.5. The minimum atomic E-state index is -4.55. The zero-order valence-electron chi connectivity index (χ0n) is 36.4. The minimum Gasteiger partial charge on any atom is -0.756 e. The molecule has 0 aromatic rings. The smallest absolute Gasteiger partial charge is 0.268 e. The number of nitrogens with one attached hydrogen (secondary N) is 2. The summed E-state index contributed by atoms with van der Waals surface area (Å²) in [5.74, 6) is -0.238. The summed E-state index contributed by atoms with van der Waals surface area (Å²) in [6, 6.07) is -0.664. The van der Waals surface area contributed by atoms with Crippen molar-refractivity contribution in [1.29, 1.82) is 0 Å². The van der Waals surface area contributed by atoms with Crippen molar-refractivity contribution >= 4 is 19.6 Å².